The van der Waals surface area contributed by atoms with Crippen LogP contribution in [0.4, 0.5) is 0 Å². The minimum absolute atomic E-state index is 0.660. The van der Waals surface area contributed by atoms with Crippen LogP contribution in [-0.4, -0.2) is 19.9 Å². The molecule has 0 N–H and O–H groups in total. The van der Waals surface area contributed by atoms with Crippen LogP contribution in [0.15, 0.2) is 243 Å². The highest BCUT2D eigenvalue weighted by Crippen LogP contribution is 2.53. The number of benzene rings is 11. The van der Waals surface area contributed by atoms with Crippen LogP contribution >= 0.6 is 0 Å². The van der Waals surface area contributed by atoms with Crippen molar-refractivity contribution in [2.24, 2.45) is 0 Å². The number of pyridine rings is 2. The highest BCUT2D eigenvalue weighted by molar-refractivity contribution is 6.22. The first kappa shape index (κ1) is 40.8. The van der Waals surface area contributed by atoms with E-state index in [9.17, 15) is 0 Å². The summed E-state index contributed by atoms with van der Waals surface area (Å²) in [4.78, 5) is 20.9. The zero-order chi connectivity index (χ0) is 48.4. The smallest absolute Gasteiger partial charge is 0.160 e. The molecule has 4 nitrogen and oxygen atoms in total. The van der Waals surface area contributed by atoms with E-state index in [1.165, 1.54) is 71.6 Å². The Morgan fingerprint density at radius 1 is 0.230 bits per heavy atom. The van der Waals surface area contributed by atoms with E-state index in [0.29, 0.717) is 5.82 Å². The SMILES string of the molecule is c1ccc2c(c1)-c1cccc3c(-c4cc(-c5ccc6c7c(cccc57)-c5ccccc5-6)c5nc(-c6ccc(-c7cccc8cccnc78)cc6)nc(-c6ccc(-c7cccc8cccnc78)cc6)c5c4)ccc-2c13. The lowest BCUT2D eigenvalue weighted by Gasteiger charge is -2.18. The summed E-state index contributed by atoms with van der Waals surface area (Å²) in [6, 6.07) is 83.7. The summed E-state index contributed by atoms with van der Waals surface area (Å²) in [5.41, 5.74) is 24.7. The topological polar surface area (TPSA) is 51.6 Å². The molecule has 0 unspecified atom stereocenters. The highest BCUT2D eigenvalue weighted by atomic mass is 14.9. The number of aromatic nitrogens is 4. The number of para-hydroxylation sites is 2. The van der Waals surface area contributed by atoms with E-state index in [4.69, 9.17) is 19.9 Å². The van der Waals surface area contributed by atoms with Crippen LogP contribution in [0.1, 0.15) is 0 Å². The predicted octanol–water partition coefficient (Wildman–Crippen LogP) is 18.3. The third-order valence-corrected chi connectivity index (χ3v) is 15.7. The van der Waals surface area contributed by atoms with Gasteiger partial charge < -0.3 is 0 Å². The first-order chi connectivity index (χ1) is 36.7. The van der Waals surface area contributed by atoms with E-state index in [0.717, 1.165) is 88.5 Å². The predicted molar refractivity (Wildman–Crippen MR) is 307 cm³/mol. The molecule has 0 atom stereocenters. The van der Waals surface area contributed by atoms with Crippen LogP contribution in [-0.2, 0) is 0 Å². The first-order valence-electron chi connectivity index (χ1n) is 25.3. The molecule has 0 fully saturated rings. The Hall–Kier alpha value is -9.90. The first-order valence-corrected chi connectivity index (χ1v) is 25.3. The van der Waals surface area contributed by atoms with Crippen LogP contribution in [0, 0.1) is 0 Å². The quantitative estimate of drug-likeness (QED) is 0.167. The van der Waals surface area contributed by atoms with Crippen molar-refractivity contribution in [2.75, 3.05) is 0 Å². The summed E-state index contributed by atoms with van der Waals surface area (Å²) in [7, 11) is 0. The van der Waals surface area contributed by atoms with Crippen molar-refractivity contribution in [1.82, 2.24) is 19.9 Å². The molecular formula is C70H40N4. The van der Waals surface area contributed by atoms with Gasteiger partial charge >= 0.3 is 0 Å². The van der Waals surface area contributed by atoms with E-state index < -0.39 is 0 Å². The van der Waals surface area contributed by atoms with Gasteiger partial charge in [0.15, 0.2) is 5.82 Å². The van der Waals surface area contributed by atoms with Gasteiger partial charge in [0.1, 0.15) is 0 Å². The summed E-state index contributed by atoms with van der Waals surface area (Å²) in [5.74, 6) is 0.660. The molecule has 3 aromatic heterocycles. The van der Waals surface area contributed by atoms with Crippen molar-refractivity contribution >= 4 is 54.3 Å². The average Bonchev–Trinajstić information content (AvgIpc) is 4.00. The molecule has 2 aliphatic carbocycles. The van der Waals surface area contributed by atoms with Crippen LogP contribution in [0.2, 0.25) is 0 Å². The Balaban J connectivity index is 0.968. The summed E-state index contributed by atoms with van der Waals surface area (Å²) in [6.07, 6.45) is 3.74. The number of hydrogen-bond donors (Lipinski definition) is 0. The third-order valence-electron chi connectivity index (χ3n) is 15.7. The van der Waals surface area contributed by atoms with Gasteiger partial charge in [0.2, 0.25) is 0 Å². The Bertz CT molecular complexity index is 4640. The van der Waals surface area contributed by atoms with Crippen LogP contribution in [0.3, 0.4) is 0 Å². The molecule has 0 saturated heterocycles. The lowest BCUT2D eigenvalue weighted by Crippen LogP contribution is -1.99. The minimum atomic E-state index is 0.660. The van der Waals surface area contributed by atoms with E-state index in [1.807, 2.05) is 24.5 Å². The van der Waals surface area contributed by atoms with Gasteiger partial charge in [0, 0.05) is 56.4 Å². The molecule has 11 aromatic carbocycles. The Labute approximate surface area is 426 Å². The second-order valence-electron chi connectivity index (χ2n) is 19.6. The molecule has 0 amide bonds. The molecule has 3 heterocycles. The van der Waals surface area contributed by atoms with Crippen molar-refractivity contribution in [3.8, 4) is 112 Å². The molecule has 0 aliphatic heterocycles. The molecule has 0 bridgehead atoms. The van der Waals surface area contributed by atoms with E-state index in [-0.39, 0.29) is 0 Å². The van der Waals surface area contributed by atoms with E-state index in [2.05, 4.69) is 218 Å². The monoisotopic (exact) mass is 936 g/mol. The molecule has 0 radical (unpaired) electrons. The van der Waals surface area contributed by atoms with Crippen LogP contribution in [0.25, 0.3) is 166 Å². The van der Waals surface area contributed by atoms with Crippen molar-refractivity contribution in [3.63, 3.8) is 0 Å². The largest absolute Gasteiger partial charge is 0.256 e. The van der Waals surface area contributed by atoms with Gasteiger partial charge in [0.25, 0.3) is 0 Å². The second-order valence-corrected chi connectivity index (χ2v) is 19.6. The van der Waals surface area contributed by atoms with Gasteiger partial charge in [-0.3, -0.25) is 9.97 Å². The van der Waals surface area contributed by atoms with Crippen molar-refractivity contribution in [3.05, 3.63) is 243 Å². The molecule has 0 spiro atoms. The maximum atomic E-state index is 5.70. The normalized spacial score (nSPS) is 12.1. The Kier molecular flexibility index (Phi) is 8.71. The molecule has 16 rings (SSSR count). The number of hydrogen-bond acceptors (Lipinski definition) is 4. The highest BCUT2D eigenvalue weighted by Gasteiger charge is 2.27. The summed E-state index contributed by atoms with van der Waals surface area (Å²) < 4.78 is 0. The zero-order valence-electron chi connectivity index (χ0n) is 39.9. The summed E-state index contributed by atoms with van der Waals surface area (Å²) in [5, 5.41) is 8.21. The van der Waals surface area contributed by atoms with E-state index in [1.54, 1.807) is 0 Å². The van der Waals surface area contributed by atoms with Crippen molar-refractivity contribution < 1.29 is 0 Å². The lowest BCUT2D eigenvalue weighted by atomic mass is 9.88. The molecule has 4 heteroatoms. The fourth-order valence-corrected chi connectivity index (χ4v) is 12.3. The Morgan fingerprint density at radius 2 is 0.662 bits per heavy atom. The standard InChI is InChI=1S/C70H40N4/c1-3-17-53-51(15-1)57-22-7-21-56-48(33-35-60(53)64(56)57)47-39-62(55-34-36-61-54-18-4-2-16-52(54)58-23-8-24-59(55)65(58)61)69-63(40-47)68(45-29-25-41(26-30-45)49-19-5-11-43-13-9-37-71-66(43)49)73-70(74-69)46-31-27-42(28-32-46)50-20-6-12-44-14-10-38-72-67(44)50/h1-40H. The number of fused-ring (bicyclic) bond motifs is 9. The molecule has 340 valence electrons. The van der Waals surface area contributed by atoms with Gasteiger partial charge in [-0.25, -0.2) is 9.97 Å². The number of nitrogens with zero attached hydrogens (tertiary/aromatic N) is 4. The summed E-state index contributed by atoms with van der Waals surface area (Å²) >= 11 is 0. The zero-order valence-corrected chi connectivity index (χ0v) is 39.9. The Morgan fingerprint density at radius 3 is 1.23 bits per heavy atom. The van der Waals surface area contributed by atoms with Gasteiger partial charge in [-0.15, -0.1) is 0 Å². The van der Waals surface area contributed by atoms with Gasteiger partial charge in [-0.2, -0.15) is 0 Å². The van der Waals surface area contributed by atoms with Crippen molar-refractivity contribution in [1.29, 1.82) is 0 Å². The van der Waals surface area contributed by atoms with Crippen molar-refractivity contribution in [2.45, 2.75) is 0 Å². The fourth-order valence-electron chi connectivity index (χ4n) is 12.3. The number of rotatable bonds is 6. The maximum Gasteiger partial charge on any atom is 0.160 e. The molecule has 74 heavy (non-hydrogen) atoms. The molecule has 2 aliphatic rings. The molecule has 14 aromatic rings. The summed E-state index contributed by atoms with van der Waals surface area (Å²) in [6.45, 7) is 0. The second kappa shape index (κ2) is 15.8. The minimum Gasteiger partial charge on any atom is -0.256 e. The third kappa shape index (κ3) is 6.03. The average molecular weight is 937 g/mol. The molecule has 0 saturated carbocycles. The van der Waals surface area contributed by atoms with Crippen LogP contribution < -0.4 is 0 Å². The van der Waals surface area contributed by atoms with Crippen LogP contribution in [0.5, 0.6) is 0 Å². The molecular weight excluding hydrogens is 897 g/mol. The van der Waals surface area contributed by atoms with E-state index >= 15 is 0 Å². The van der Waals surface area contributed by atoms with Gasteiger partial charge in [-0.1, -0.05) is 206 Å². The maximum absolute atomic E-state index is 5.70. The lowest BCUT2D eigenvalue weighted by molar-refractivity contribution is 1.23. The van der Waals surface area contributed by atoms with Gasteiger partial charge in [0.05, 0.1) is 22.2 Å². The van der Waals surface area contributed by atoms with Gasteiger partial charge in [-0.05, 0) is 118 Å². The fraction of sp³-hybridized carbons (Fsp3) is 0.